The van der Waals surface area contributed by atoms with Crippen molar-refractivity contribution in [3.8, 4) is 0 Å². The predicted octanol–water partition coefficient (Wildman–Crippen LogP) is 2.31. The molecule has 7 heteroatoms. The Morgan fingerprint density at radius 1 is 1.24 bits per heavy atom. The number of rotatable bonds is 5. The third-order valence-corrected chi connectivity index (χ3v) is 4.48. The Hall–Kier alpha value is -2.83. The molecule has 0 aliphatic carbocycles. The number of aryl methyl sites for hydroxylation is 1. The molecule has 1 aliphatic heterocycles. The standard InChI is InChI=1S/C18H23N5O2/c1-2-12-10-16(22-21-12)18(25)20-15-7-6-13(11-14(15)17(19)24)23-8-4-3-5-9-23/h6-7,10-11H,2-5,8-9H2,1H3,(H2,19,24)(H,20,25)(H,21,22). The fourth-order valence-corrected chi connectivity index (χ4v) is 3.04. The molecule has 2 aromatic rings. The Bertz CT molecular complexity index is 778. The smallest absolute Gasteiger partial charge is 0.276 e. The quantitative estimate of drug-likeness (QED) is 0.776. The van der Waals surface area contributed by atoms with E-state index >= 15 is 0 Å². The lowest BCUT2D eigenvalue weighted by atomic mass is 10.1. The van der Waals surface area contributed by atoms with Crippen LogP contribution in [0.4, 0.5) is 11.4 Å². The molecule has 0 saturated carbocycles. The number of piperidine rings is 1. The van der Waals surface area contributed by atoms with Crippen molar-refractivity contribution >= 4 is 23.2 Å². The van der Waals surface area contributed by atoms with Crippen LogP contribution in [0.2, 0.25) is 0 Å². The van der Waals surface area contributed by atoms with Crippen molar-refractivity contribution in [2.24, 2.45) is 5.73 Å². The topological polar surface area (TPSA) is 104 Å². The van der Waals surface area contributed by atoms with Gasteiger partial charge in [0, 0.05) is 24.5 Å². The molecule has 4 N–H and O–H groups in total. The Morgan fingerprint density at radius 3 is 2.64 bits per heavy atom. The first-order valence-corrected chi connectivity index (χ1v) is 8.63. The summed E-state index contributed by atoms with van der Waals surface area (Å²) in [5, 5.41) is 9.52. The third kappa shape index (κ3) is 3.81. The number of nitrogens with zero attached hydrogens (tertiary/aromatic N) is 2. The molecule has 0 unspecified atom stereocenters. The van der Waals surface area contributed by atoms with Gasteiger partial charge in [-0.2, -0.15) is 5.10 Å². The van der Waals surface area contributed by atoms with Crippen LogP contribution in [-0.2, 0) is 6.42 Å². The summed E-state index contributed by atoms with van der Waals surface area (Å²) in [5.74, 6) is -0.936. The first-order valence-electron chi connectivity index (χ1n) is 8.63. The van der Waals surface area contributed by atoms with Crippen LogP contribution >= 0.6 is 0 Å². The van der Waals surface area contributed by atoms with Crippen LogP contribution < -0.4 is 16.0 Å². The maximum absolute atomic E-state index is 12.3. The molecule has 7 nitrogen and oxygen atoms in total. The van der Waals surface area contributed by atoms with Gasteiger partial charge >= 0.3 is 0 Å². The van der Waals surface area contributed by atoms with Crippen molar-refractivity contribution in [2.75, 3.05) is 23.3 Å². The normalized spacial score (nSPS) is 14.4. The fraction of sp³-hybridized carbons (Fsp3) is 0.389. The summed E-state index contributed by atoms with van der Waals surface area (Å²) in [5.41, 5.74) is 8.35. The summed E-state index contributed by atoms with van der Waals surface area (Å²) in [6.45, 7) is 3.91. The van der Waals surface area contributed by atoms with E-state index in [1.807, 2.05) is 13.0 Å². The zero-order valence-electron chi connectivity index (χ0n) is 14.3. The fourth-order valence-electron chi connectivity index (χ4n) is 3.04. The predicted molar refractivity (Wildman–Crippen MR) is 96.9 cm³/mol. The minimum Gasteiger partial charge on any atom is -0.372 e. The number of anilines is 2. The highest BCUT2D eigenvalue weighted by atomic mass is 16.2. The monoisotopic (exact) mass is 341 g/mol. The number of hydrogen-bond donors (Lipinski definition) is 3. The Balaban J connectivity index is 1.82. The lowest BCUT2D eigenvalue weighted by Gasteiger charge is -2.29. The molecule has 1 fully saturated rings. The van der Waals surface area contributed by atoms with E-state index < -0.39 is 5.91 Å². The summed E-state index contributed by atoms with van der Waals surface area (Å²) in [6, 6.07) is 7.09. The van der Waals surface area contributed by atoms with Crippen molar-refractivity contribution in [1.29, 1.82) is 0 Å². The van der Waals surface area contributed by atoms with Crippen LogP contribution in [0.15, 0.2) is 24.3 Å². The van der Waals surface area contributed by atoms with Gasteiger partial charge in [-0.3, -0.25) is 14.7 Å². The van der Waals surface area contributed by atoms with Crippen LogP contribution in [0, 0.1) is 0 Å². The van der Waals surface area contributed by atoms with Crippen LogP contribution in [0.1, 0.15) is 52.7 Å². The number of H-pyrrole nitrogens is 1. The molecule has 0 spiro atoms. The van der Waals surface area contributed by atoms with Crippen molar-refractivity contribution in [3.05, 3.63) is 41.2 Å². The summed E-state index contributed by atoms with van der Waals surface area (Å²) in [7, 11) is 0. The Labute approximate surface area is 146 Å². The van der Waals surface area contributed by atoms with Gasteiger partial charge in [-0.1, -0.05) is 6.92 Å². The third-order valence-electron chi connectivity index (χ3n) is 4.48. The summed E-state index contributed by atoms with van der Waals surface area (Å²) < 4.78 is 0. The van der Waals surface area contributed by atoms with Crippen LogP contribution in [0.5, 0.6) is 0 Å². The first-order chi connectivity index (χ1) is 12.1. The summed E-state index contributed by atoms with van der Waals surface area (Å²) >= 11 is 0. The van der Waals surface area contributed by atoms with Crippen LogP contribution in [0.25, 0.3) is 0 Å². The second kappa shape index (κ2) is 7.38. The summed E-state index contributed by atoms with van der Waals surface area (Å²) in [6.07, 6.45) is 4.28. The highest BCUT2D eigenvalue weighted by molar-refractivity contribution is 6.08. The van der Waals surface area contributed by atoms with E-state index in [9.17, 15) is 9.59 Å². The number of hydrogen-bond acceptors (Lipinski definition) is 4. The highest BCUT2D eigenvalue weighted by Crippen LogP contribution is 2.26. The zero-order valence-corrected chi connectivity index (χ0v) is 14.3. The molecule has 2 heterocycles. The first kappa shape index (κ1) is 17.0. The highest BCUT2D eigenvalue weighted by Gasteiger charge is 2.18. The van der Waals surface area contributed by atoms with E-state index in [-0.39, 0.29) is 11.6 Å². The average Bonchev–Trinajstić information content (AvgIpc) is 3.12. The number of benzene rings is 1. The van der Waals surface area contributed by atoms with Gasteiger partial charge in [-0.05, 0) is 49.9 Å². The Morgan fingerprint density at radius 2 is 2.00 bits per heavy atom. The SMILES string of the molecule is CCc1cc(C(=O)Nc2ccc(N3CCCCC3)cc2C(N)=O)n[nH]1. The Kier molecular flexibility index (Phi) is 5.02. The molecule has 0 bridgehead atoms. The number of amides is 2. The second-order valence-corrected chi connectivity index (χ2v) is 6.23. The number of carbonyl (C=O) groups excluding carboxylic acids is 2. The minimum atomic E-state index is -0.564. The van der Waals surface area contributed by atoms with Gasteiger partial charge in [-0.15, -0.1) is 0 Å². The van der Waals surface area contributed by atoms with Crippen LogP contribution in [0.3, 0.4) is 0 Å². The van der Waals surface area contributed by atoms with E-state index in [0.717, 1.165) is 43.7 Å². The molecule has 1 aromatic carbocycles. The number of nitrogens with one attached hydrogen (secondary N) is 2. The van der Waals surface area contributed by atoms with Crippen molar-refractivity contribution in [1.82, 2.24) is 10.2 Å². The van der Waals surface area contributed by atoms with E-state index in [1.165, 1.54) is 6.42 Å². The van der Waals surface area contributed by atoms with E-state index in [2.05, 4.69) is 20.4 Å². The zero-order chi connectivity index (χ0) is 17.8. The summed E-state index contributed by atoms with van der Waals surface area (Å²) in [4.78, 5) is 26.4. The lowest BCUT2D eigenvalue weighted by molar-refractivity contribution is 0.100. The maximum atomic E-state index is 12.3. The number of nitrogens with two attached hydrogens (primary N) is 1. The molecule has 1 aromatic heterocycles. The second-order valence-electron chi connectivity index (χ2n) is 6.23. The van der Waals surface area contributed by atoms with Gasteiger partial charge in [0.2, 0.25) is 0 Å². The van der Waals surface area contributed by atoms with Gasteiger partial charge in [-0.25, -0.2) is 0 Å². The molecule has 3 rings (SSSR count). The molecule has 132 valence electrons. The van der Waals surface area contributed by atoms with E-state index in [4.69, 9.17) is 5.73 Å². The van der Waals surface area contributed by atoms with Crippen molar-refractivity contribution < 1.29 is 9.59 Å². The molecule has 1 saturated heterocycles. The van der Waals surface area contributed by atoms with Gasteiger partial charge in [0.25, 0.3) is 11.8 Å². The molecule has 1 aliphatic rings. The molecular formula is C18H23N5O2. The number of primary amides is 1. The molecular weight excluding hydrogens is 318 g/mol. The molecule has 0 atom stereocenters. The number of aromatic amines is 1. The number of aromatic nitrogens is 2. The van der Waals surface area contributed by atoms with Crippen LogP contribution in [-0.4, -0.2) is 35.1 Å². The van der Waals surface area contributed by atoms with Gasteiger partial charge in [0.15, 0.2) is 5.69 Å². The minimum absolute atomic E-state index is 0.285. The van der Waals surface area contributed by atoms with Gasteiger partial charge in [0.05, 0.1) is 11.3 Å². The van der Waals surface area contributed by atoms with Gasteiger partial charge in [0.1, 0.15) is 0 Å². The van der Waals surface area contributed by atoms with Gasteiger partial charge < -0.3 is 16.0 Å². The number of carbonyl (C=O) groups is 2. The van der Waals surface area contributed by atoms with Crippen molar-refractivity contribution in [2.45, 2.75) is 32.6 Å². The van der Waals surface area contributed by atoms with Crippen molar-refractivity contribution in [3.63, 3.8) is 0 Å². The van der Waals surface area contributed by atoms with E-state index in [0.29, 0.717) is 11.3 Å². The molecule has 25 heavy (non-hydrogen) atoms. The molecule has 2 amide bonds. The molecule has 0 radical (unpaired) electrons. The maximum Gasteiger partial charge on any atom is 0.276 e. The average molecular weight is 341 g/mol. The van der Waals surface area contributed by atoms with E-state index in [1.54, 1.807) is 18.2 Å². The largest absolute Gasteiger partial charge is 0.372 e. The lowest BCUT2D eigenvalue weighted by Crippen LogP contribution is -2.29.